The van der Waals surface area contributed by atoms with Crippen LogP contribution in [0.5, 0.6) is 0 Å². The minimum atomic E-state index is -3.72. The van der Waals surface area contributed by atoms with Gasteiger partial charge in [-0.05, 0) is 48.5 Å². The Morgan fingerprint density at radius 2 is 1.34 bits per heavy atom. The van der Waals surface area contributed by atoms with Gasteiger partial charge in [0.2, 0.25) is 15.9 Å². The number of amides is 1. The molecule has 0 fully saturated rings. The van der Waals surface area contributed by atoms with Crippen molar-refractivity contribution in [3.05, 3.63) is 84.9 Å². The number of benzene rings is 3. The molecule has 0 radical (unpaired) electrons. The number of hydrogen-bond acceptors (Lipinski definition) is 5. The van der Waals surface area contributed by atoms with Crippen LogP contribution in [0.2, 0.25) is 0 Å². The fourth-order valence-corrected chi connectivity index (χ4v) is 3.63. The number of sulfonamides is 1. The van der Waals surface area contributed by atoms with Crippen molar-refractivity contribution < 1.29 is 13.2 Å². The Bertz CT molecular complexity index is 1080. The smallest absolute Gasteiger partial charge is 0.243 e. The summed E-state index contributed by atoms with van der Waals surface area (Å²) in [6.45, 7) is -0.299. The van der Waals surface area contributed by atoms with Crippen LogP contribution in [0.15, 0.2) is 100 Å². The van der Waals surface area contributed by atoms with Crippen LogP contribution in [0.25, 0.3) is 0 Å². The average molecular weight is 408 g/mol. The van der Waals surface area contributed by atoms with E-state index in [1.54, 1.807) is 42.5 Å². The van der Waals surface area contributed by atoms with Crippen LogP contribution in [0.1, 0.15) is 0 Å². The first kappa shape index (κ1) is 20.4. The van der Waals surface area contributed by atoms with E-state index in [1.807, 2.05) is 30.3 Å². The largest absolute Gasteiger partial charge is 0.325 e. The molecule has 0 heterocycles. The summed E-state index contributed by atoms with van der Waals surface area (Å²) in [5.74, 6) is -0.439. The average Bonchev–Trinajstić information content (AvgIpc) is 2.74. The van der Waals surface area contributed by atoms with Gasteiger partial charge in [0, 0.05) is 12.7 Å². The Kier molecular flexibility index (Phi) is 6.48. The van der Waals surface area contributed by atoms with Gasteiger partial charge in [-0.3, -0.25) is 4.79 Å². The van der Waals surface area contributed by atoms with Crippen molar-refractivity contribution in [2.45, 2.75) is 4.90 Å². The van der Waals surface area contributed by atoms with Gasteiger partial charge in [0.1, 0.15) is 0 Å². The monoisotopic (exact) mass is 408 g/mol. The lowest BCUT2D eigenvalue weighted by Crippen LogP contribution is -2.34. The molecule has 1 N–H and O–H groups in total. The topological polar surface area (TPSA) is 91.2 Å². The van der Waals surface area contributed by atoms with E-state index in [0.29, 0.717) is 11.4 Å². The molecule has 0 saturated carbocycles. The number of azo groups is 1. The van der Waals surface area contributed by atoms with Gasteiger partial charge in [-0.2, -0.15) is 14.5 Å². The quantitative estimate of drug-likeness (QED) is 0.589. The SMILES string of the molecule is CN(CC(=O)Nc1ccc(N=Nc2ccccc2)cc1)S(=O)(=O)c1ccccc1. The van der Waals surface area contributed by atoms with Crippen LogP contribution in [-0.2, 0) is 14.8 Å². The van der Waals surface area contributed by atoms with Crippen molar-refractivity contribution >= 4 is 33.0 Å². The molecule has 3 aromatic carbocycles. The second-order valence-electron chi connectivity index (χ2n) is 6.20. The predicted molar refractivity (Wildman–Crippen MR) is 112 cm³/mol. The molecule has 29 heavy (non-hydrogen) atoms. The van der Waals surface area contributed by atoms with Crippen molar-refractivity contribution in [1.29, 1.82) is 0 Å². The standard InChI is InChI=1S/C21H20N4O3S/c1-25(29(27,28)20-10-6-3-7-11-20)16-21(26)22-17-12-14-19(15-13-17)24-23-18-8-4-2-5-9-18/h2-15H,16H2,1H3,(H,22,26). The van der Waals surface area contributed by atoms with E-state index < -0.39 is 15.9 Å². The van der Waals surface area contributed by atoms with Crippen molar-refractivity contribution in [2.24, 2.45) is 10.2 Å². The summed E-state index contributed by atoms with van der Waals surface area (Å²) in [7, 11) is -2.35. The summed E-state index contributed by atoms with van der Waals surface area (Å²) in [5, 5.41) is 10.9. The minimum absolute atomic E-state index is 0.142. The third-order valence-electron chi connectivity index (χ3n) is 4.01. The number of nitrogens with zero attached hydrogens (tertiary/aromatic N) is 3. The van der Waals surface area contributed by atoms with Crippen LogP contribution in [0.3, 0.4) is 0 Å². The summed E-state index contributed by atoms with van der Waals surface area (Å²) in [6.07, 6.45) is 0. The molecule has 0 spiro atoms. The molecule has 3 aromatic rings. The lowest BCUT2D eigenvalue weighted by molar-refractivity contribution is -0.116. The number of carbonyl (C=O) groups excluding carboxylic acids is 1. The van der Waals surface area contributed by atoms with Crippen LogP contribution >= 0.6 is 0 Å². The molecule has 148 valence electrons. The molecular formula is C21H20N4O3S. The van der Waals surface area contributed by atoms with Gasteiger partial charge in [-0.1, -0.05) is 36.4 Å². The zero-order valence-electron chi connectivity index (χ0n) is 15.8. The Labute approximate surface area is 169 Å². The van der Waals surface area contributed by atoms with Crippen molar-refractivity contribution in [1.82, 2.24) is 4.31 Å². The van der Waals surface area contributed by atoms with Crippen LogP contribution in [0.4, 0.5) is 17.1 Å². The molecule has 0 bridgehead atoms. The number of anilines is 1. The summed E-state index contributed by atoms with van der Waals surface area (Å²) >= 11 is 0. The number of likely N-dealkylation sites (N-methyl/N-ethyl adjacent to an activating group) is 1. The van der Waals surface area contributed by atoms with Gasteiger partial charge >= 0.3 is 0 Å². The second kappa shape index (κ2) is 9.22. The molecule has 0 atom stereocenters. The summed E-state index contributed by atoms with van der Waals surface area (Å²) in [4.78, 5) is 12.4. The Morgan fingerprint density at radius 3 is 1.93 bits per heavy atom. The lowest BCUT2D eigenvalue weighted by atomic mass is 10.3. The van der Waals surface area contributed by atoms with E-state index in [4.69, 9.17) is 0 Å². The van der Waals surface area contributed by atoms with E-state index in [0.717, 1.165) is 9.99 Å². The predicted octanol–water partition coefficient (Wildman–Crippen LogP) is 4.36. The molecule has 0 aliphatic heterocycles. The first-order valence-corrected chi connectivity index (χ1v) is 10.3. The summed E-state index contributed by atoms with van der Waals surface area (Å²) in [6, 6.07) is 24.1. The van der Waals surface area contributed by atoms with Crippen LogP contribution in [-0.4, -0.2) is 32.2 Å². The van der Waals surface area contributed by atoms with Gasteiger partial charge in [0.15, 0.2) is 0 Å². The van der Waals surface area contributed by atoms with Crippen molar-refractivity contribution in [3.63, 3.8) is 0 Å². The maximum atomic E-state index is 12.5. The van der Waals surface area contributed by atoms with Gasteiger partial charge in [0.05, 0.1) is 22.8 Å². The van der Waals surface area contributed by atoms with Gasteiger partial charge < -0.3 is 5.32 Å². The van der Waals surface area contributed by atoms with E-state index in [9.17, 15) is 13.2 Å². The third-order valence-corrected chi connectivity index (χ3v) is 5.82. The van der Waals surface area contributed by atoms with Crippen molar-refractivity contribution in [2.75, 3.05) is 18.9 Å². The Balaban J connectivity index is 1.59. The third kappa shape index (κ3) is 5.56. The number of hydrogen-bond donors (Lipinski definition) is 1. The highest BCUT2D eigenvalue weighted by Gasteiger charge is 2.22. The number of nitrogens with one attached hydrogen (secondary N) is 1. The minimum Gasteiger partial charge on any atom is -0.325 e. The summed E-state index contributed by atoms with van der Waals surface area (Å²) in [5.41, 5.74) is 1.92. The molecule has 8 heteroatoms. The fraction of sp³-hybridized carbons (Fsp3) is 0.0952. The second-order valence-corrected chi connectivity index (χ2v) is 8.25. The van der Waals surface area contributed by atoms with E-state index in [1.165, 1.54) is 19.2 Å². The fourth-order valence-electron chi connectivity index (χ4n) is 2.48. The van der Waals surface area contributed by atoms with E-state index in [2.05, 4.69) is 15.5 Å². The van der Waals surface area contributed by atoms with Gasteiger partial charge in [-0.25, -0.2) is 8.42 Å². The van der Waals surface area contributed by atoms with Crippen molar-refractivity contribution in [3.8, 4) is 0 Å². The number of rotatable bonds is 7. The molecule has 0 aromatic heterocycles. The number of carbonyl (C=O) groups is 1. The lowest BCUT2D eigenvalue weighted by Gasteiger charge is -2.16. The van der Waals surface area contributed by atoms with Crippen LogP contribution < -0.4 is 5.32 Å². The molecule has 0 saturated heterocycles. The zero-order valence-corrected chi connectivity index (χ0v) is 16.6. The Hall–Kier alpha value is -3.36. The van der Waals surface area contributed by atoms with E-state index >= 15 is 0 Å². The molecular weight excluding hydrogens is 388 g/mol. The maximum absolute atomic E-state index is 12.5. The molecule has 0 aliphatic carbocycles. The highest BCUT2D eigenvalue weighted by atomic mass is 32.2. The summed E-state index contributed by atoms with van der Waals surface area (Å²) < 4.78 is 26.0. The van der Waals surface area contributed by atoms with Gasteiger partial charge in [-0.15, -0.1) is 0 Å². The molecule has 3 rings (SSSR count). The molecule has 7 nitrogen and oxygen atoms in total. The van der Waals surface area contributed by atoms with Gasteiger partial charge in [0.25, 0.3) is 0 Å². The molecule has 1 amide bonds. The highest BCUT2D eigenvalue weighted by Crippen LogP contribution is 2.20. The Morgan fingerprint density at radius 1 is 0.828 bits per heavy atom. The first-order chi connectivity index (χ1) is 13.9. The zero-order chi connectivity index (χ0) is 20.7. The molecule has 0 aliphatic rings. The van der Waals surface area contributed by atoms with E-state index in [-0.39, 0.29) is 11.4 Å². The maximum Gasteiger partial charge on any atom is 0.243 e. The van der Waals surface area contributed by atoms with Crippen LogP contribution in [0, 0.1) is 0 Å². The molecule has 0 unspecified atom stereocenters. The first-order valence-electron chi connectivity index (χ1n) is 8.83. The highest BCUT2D eigenvalue weighted by molar-refractivity contribution is 7.89. The normalized spacial score (nSPS) is 11.7.